The number of rotatable bonds is 5. The number of halogens is 1. The van der Waals surface area contributed by atoms with E-state index in [1.165, 1.54) is 0 Å². The number of carbonyl (C=O) groups is 1. The zero-order valence-electron chi connectivity index (χ0n) is 11.0. The van der Waals surface area contributed by atoms with E-state index in [1.54, 1.807) is 6.92 Å². The van der Waals surface area contributed by atoms with Gasteiger partial charge in [0.2, 0.25) is 0 Å². The molecular formula is C14H20BrNO2. The van der Waals surface area contributed by atoms with Crippen molar-refractivity contribution >= 4 is 21.8 Å². The van der Waals surface area contributed by atoms with Gasteiger partial charge in [0.25, 0.3) is 5.91 Å². The number of carbonyl (C=O) groups excluding carboxylic acids is 1. The highest BCUT2D eigenvalue weighted by Crippen LogP contribution is 2.17. The number of hydrogen-bond donors (Lipinski definition) is 2. The fourth-order valence-corrected chi connectivity index (χ4v) is 2.15. The zero-order valence-corrected chi connectivity index (χ0v) is 12.6. The van der Waals surface area contributed by atoms with Crippen molar-refractivity contribution in [2.24, 2.45) is 5.92 Å². The van der Waals surface area contributed by atoms with E-state index in [9.17, 15) is 9.90 Å². The summed E-state index contributed by atoms with van der Waals surface area (Å²) in [7, 11) is 0. The summed E-state index contributed by atoms with van der Waals surface area (Å²) in [5.41, 5.74) is 1.76. The Kier molecular flexibility index (Phi) is 5.82. The van der Waals surface area contributed by atoms with Crippen LogP contribution in [0.15, 0.2) is 22.7 Å². The molecule has 18 heavy (non-hydrogen) atoms. The number of aryl methyl sites for hydroxylation is 1. The van der Waals surface area contributed by atoms with Crippen LogP contribution in [-0.4, -0.2) is 23.7 Å². The van der Waals surface area contributed by atoms with Crippen LogP contribution in [0, 0.1) is 12.8 Å². The third-order valence-corrected chi connectivity index (χ3v) is 3.64. The molecular weight excluding hydrogens is 294 g/mol. The zero-order chi connectivity index (χ0) is 13.7. The molecule has 1 aromatic rings. The van der Waals surface area contributed by atoms with Gasteiger partial charge in [-0.15, -0.1) is 0 Å². The first-order chi connectivity index (χ1) is 8.40. The molecule has 4 heteroatoms. The quantitative estimate of drug-likeness (QED) is 0.878. The topological polar surface area (TPSA) is 49.3 Å². The molecule has 0 saturated carbocycles. The number of benzene rings is 1. The van der Waals surface area contributed by atoms with Gasteiger partial charge in [0.15, 0.2) is 0 Å². The molecule has 2 N–H and O–H groups in total. The molecule has 0 spiro atoms. The average molecular weight is 314 g/mol. The summed E-state index contributed by atoms with van der Waals surface area (Å²) in [6.07, 6.45) is 0.364. The monoisotopic (exact) mass is 313 g/mol. The van der Waals surface area contributed by atoms with Crippen LogP contribution in [0.4, 0.5) is 0 Å². The largest absolute Gasteiger partial charge is 0.393 e. The van der Waals surface area contributed by atoms with Crippen molar-refractivity contribution in [1.82, 2.24) is 5.32 Å². The van der Waals surface area contributed by atoms with E-state index >= 15 is 0 Å². The summed E-state index contributed by atoms with van der Waals surface area (Å²) >= 11 is 3.41. The van der Waals surface area contributed by atoms with Gasteiger partial charge in [0.05, 0.1) is 6.10 Å². The first-order valence-electron chi connectivity index (χ1n) is 6.12. The highest BCUT2D eigenvalue weighted by atomic mass is 79.9. The van der Waals surface area contributed by atoms with Crippen molar-refractivity contribution in [3.63, 3.8) is 0 Å². The third-order valence-electron chi connectivity index (χ3n) is 2.79. The van der Waals surface area contributed by atoms with E-state index in [0.717, 1.165) is 10.0 Å². The van der Waals surface area contributed by atoms with Crippen molar-refractivity contribution in [1.29, 1.82) is 0 Å². The van der Waals surface area contributed by atoms with E-state index in [-0.39, 0.29) is 17.9 Å². The van der Waals surface area contributed by atoms with Gasteiger partial charge in [-0.1, -0.05) is 28.9 Å². The molecule has 0 heterocycles. The van der Waals surface area contributed by atoms with Gasteiger partial charge in [0.1, 0.15) is 0 Å². The molecule has 1 rings (SSSR count). The second-order valence-electron chi connectivity index (χ2n) is 4.86. The molecule has 1 aromatic carbocycles. The fraction of sp³-hybridized carbons (Fsp3) is 0.500. The number of amides is 1. The highest BCUT2D eigenvalue weighted by Gasteiger charge is 2.10. The Morgan fingerprint density at radius 2 is 2.11 bits per heavy atom. The molecule has 0 aromatic heterocycles. The molecule has 0 fully saturated rings. The first kappa shape index (κ1) is 15.2. The normalized spacial score (nSPS) is 14.1. The van der Waals surface area contributed by atoms with E-state index in [2.05, 4.69) is 21.2 Å². The Morgan fingerprint density at radius 1 is 1.44 bits per heavy atom. The number of aliphatic hydroxyl groups is 1. The molecule has 2 unspecified atom stereocenters. The van der Waals surface area contributed by atoms with Crippen LogP contribution < -0.4 is 5.32 Å². The SMILES string of the molecule is Cc1ccc(C(=O)NCC(C)CC(C)O)cc1Br. The summed E-state index contributed by atoms with van der Waals surface area (Å²) in [6.45, 7) is 6.33. The highest BCUT2D eigenvalue weighted by molar-refractivity contribution is 9.10. The molecule has 0 aliphatic heterocycles. The Labute approximate surface area is 117 Å². The molecule has 1 amide bonds. The molecule has 2 atom stereocenters. The molecule has 100 valence electrons. The van der Waals surface area contributed by atoms with Crippen LogP contribution in [0.5, 0.6) is 0 Å². The lowest BCUT2D eigenvalue weighted by molar-refractivity contribution is 0.0939. The summed E-state index contributed by atoms with van der Waals surface area (Å²) in [4.78, 5) is 11.9. The van der Waals surface area contributed by atoms with Gasteiger partial charge in [-0.05, 0) is 43.9 Å². The van der Waals surface area contributed by atoms with Crippen LogP contribution in [0.2, 0.25) is 0 Å². The first-order valence-corrected chi connectivity index (χ1v) is 6.92. The number of hydrogen-bond acceptors (Lipinski definition) is 2. The predicted octanol–water partition coefficient (Wildman–Crippen LogP) is 2.89. The maximum absolute atomic E-state index is 11.9. The van der Waals surface area contributed by atoms with Crippen LogP contribution >= 0.6 is 15.9 Å². The molecule has 3 nitrogen and oxygen atoms in total. The van der Waals surface area contributed by atoms with E-state index in [4.69, 9.17) is 0 Å². The minimum atomic E-state index is -0.328. The summed E-state index contributed by atoms with van der Waals surface area (Å²) in [6, 6.07) is 5.55. The third kappa shape index (κ3) is 4.78. The maximum atomic E-state index is 11.9. The Hall–Kier alpha value is -0.870. The minimum absolute atomic E-state index is 0.0758. The molecule has 0 radical (unpaired) electrons. The van der Waals surface area contributed by atoms with Gasteiger partial charge >= 0.3 is 0 Å². The van der Waals surface area contributed by atoms with Crippen molar-refractivity contribution in [3.05, 3.63) is 33.8 Å². The van der Waals surface area contributed by atoms with Crippen molar-refractivity contribution in [2.75, 3.05) is 6.54 Å². The van der Waals surface area contributed by atoms with Crippen LogP contribution in [-0.2, 0) is 0 Å². The standard InChI is InChI=1S/C14H20BrNO2/c1-9(6-11(3)17)8-16-14(18)12-5-4-10(2)13(15)7-12/h4-5,7,9,11,17H,6,8H2,1-3H3,(H,16,18). The van der Waals surface area contributed by atoms with Crippen LogP contribution in [0.3, 0.4) is 0 Å². The summed E-state index contributed by atoms with van der Waals surface area (Å²) in [5.74, 6) is 0.191. The van der Waals surface area contributed by atoms with Crippen LogP contribution in [0.1, 0.15) is 36.2 Å². The second-order valence-corrected chi connectivity index (χ2v) is 5.72. The van der Waals surface area contributed by atoms with Gasteiger partial charge in [-0.2, -0.15) is 0 Å². The van der Waals surface area contributed by atoms with Gasteiger partial charge < -0.3 is 10.4 Å². The molecule has 0 aliphatic carbocycles. The number of aliphatic hydroxyl groups excluding tert-OH is 1. The Morgan fingerprint density at radius 3 is 2.67 bits per heavy atom. The average Bonchev–Trinajstić information content (AvgIpc) is 2.28. The molecule has 0 saturated heterocycles. The smallest absolute Gasteiger partial charge is 0.251 e. The fourth-order valence-electron chi connectivity index (χ4n) is 1.77. The van der Waals surface area contributed by atoms with Crippen molar-refractivity contribution in [3.8, 4) is 0 Å². The van der Waals surface area contributed by atoms with Gasteiger partial charge in [0, 0.05) is 16.6 Å². The second kappa shape index (κ2) is 6.90. The number of nitrogens with one attached hydrogen (secondary N) is 1. The predicted molar refractivity (Wildman–Crippen MR) is 76.7 cm³/mol. The summed E-state index contributed by atoms with van der Waals surface area (Å²) < 4.78 is 0.937. The van der Waals surface area contributed by atoms with Gasteiger partial charge in [-0.25, -0.2) is 0 Å². The Bertz CT molecular complexity index is 418. The lowest BCUT2D eigenvalue weighted by Crippen LogP contribution is -2.29. The van der Waals surface area contributed by atoms with Crippen LogP contribution in [0.25, 0.3) is 0 Å². The lowest BCUT2D eigenvalue weighted by Gasteiger charge is -2.14. The van der Waals surface area contributed by atoms with Gasteiger partial charge in [-0.3, -0.25) is 4.79 Å². The Balaban J connectivity index is 2.52. The van der Waals surface area contributed by atoms with E-state index in [0.29, 0.717) is 18.5 Å². The van der Waals surface area contributed by atoms with E-state index < -0.39 is 0 Å². The van der Waals surface area contributed by atoms with E-state index in [1.807, 2.05) is 32.0 Å². The summed E-state index contributed by atoms with van der Waals surface area (Å²) in [5, 5.41) is 12.1. The maximum Gasteiger partial charge on any atom is 0.251 e. The molecule has 0 aliphatic rings. The lowest BCUT2D eigenvalue weighted by atomic mass is 10.0. The minimum Gasteiger partial charge on any atom is -0.393 e. The van der Waals surface area contributed by atoms with Crippen molar-refractivity contribution in [2.45, 2.75) is 33.3 Å². The molecule has 0 bridgehead atoms. The van der Waals surface area contributed by atoms with Crippen molar-refractivity contribution < 1.29 is 9.90 Å².